The maximum atomic E-state index is 7.74. The molecule has 0 fully saturated rings. The number of nitrogens with two attached hydrogens (primary N) is 1. The third-order valence-electron chi connectivity index (χ3n) is 3.56. The van der Waals surface area contributed by atoms with Crippen LogP contribution in [-0.2, 0) is 17.6 Å². The van der Waals surface area contributed by atoms with Crippen LogP contribution in [0.3, 0.4) is 0 Å². The highest BCUT2D eigenvalue weighted by atomic mass is 16.5. The summed E-state index contributed by atoms with van der Waals surface area (Å²) in [5.41, 5.74) is 8.85. The molecule has 0 aromatic carbocycles. The molecule has 0 atom stereocenters. The fourth-order valence-electron chi connectivity index (χ4n) is 2.45. The van der Waals surface area contributed by atoms with Gasteiger partial charge in [-0.3, -0.25) is 5.41 Å². The van der Waals surface area contributed by atoms with Gasteiger partial charge in [-0.25, -0.2) is 4.98 Å². The minimum Gasteiger partial charge on any atom is -0.384 e. The minimum atomic E-state index is 0.0835. The second-order valence-corrected chi connectivity index (χ2v) is 5.00. The first-order valence-electron chi connectivity index (χ1n) is 6.70. The fraction of sp³-hybridized carbons (Fsp3) is 0.571. The molecule has 0 spiro atoms. The van der Waals surface area contributed by atoms with Crippen LogP contribution in [0, 0.1) is 5.41 Å². The van der Waals surface area contributed by atoms with Crippen LogP contribution >= 0.6 is 0 Å². The first-order chi connectivity index (χ1) is 9.13. The Balaban J connectivity index is 2.36. The van der Waals surface area contributed by atoms with E-state index >= 15 is 0 Å². The Kier molecular flexibility index (Phi) is 4.37. The van der Waals surface area contributed by atoms with Crippen LogP contribution in [0.5, 0.6) is 0 Å². The zero-order valence-corrected chi connectivity index (χ0v) is 11.7. The van der Waals surface area contributed by atoms with Gasteiger partial charge in [-0.05, 0) is 37.3 Å². The molecule has 0 unspecified atom stereocenters. The van der Waals surface area contributed by atoms with Crippen LogP contribution in [0.2, 0.25) is 0 Å². The number of aryl methyl sites for hydroxylation is 2. The Hall–Kier alpha value is -1.62. The number of fused-ring (bicyclic) bond motifs is 1. The molecule has 1 aliphatic carbocycles. The Morgan fingerprint density at radius 3 is 2.89 bits per heavy atom. The SMILES string of the molecule is COCCN(C)c1nc2c(cc1C(=N)N)CCCC2. The van der Waals surface area contributed by atoms with Crippen molar-refractivity contribution in [2.75, 3.05) is 32.2 Å². The van der Waals surface area contributed by atoms with Gasteiger partial charge in [-0.2, -0.15) is 0 Å². The van der Waals surface area contributed by atoms with Crippen molar-refractivity contribution in [3.05, 3.63) is 22.9 Å². The highest BCUT2D eigenvalue weighted by Crippen LogP contribution is 2.26. The lowest BCUT2D eigenvalue weighted by atomic mass is 9.94. The summed E-state index contributed by atoms with van der Waals surface area (Å²) in [7, 11) is 3.64. The zero-order valence-electron chi connectivity index (χ0n) is 11.7. The van der Waals surface area contributed by atoms with E-state index in [2.05, 4.69) is 0 Å². The highest BCUT2D eigenvalue weighted by molar-refractivity contribution is 5.99. The van der Waals surface area contributed by atoms with Gasteiger partial charge in [0.2, 0.25) is 0 Å². The number of pyridine rings is 1. The molecule has 5 heteroatoms. The molecule has 5 nitrogen and oxygen atoms in total. The van der Waals surface area contributed by atoms with Crippen molar-refractivity contribution in [2.24, 2.45) is 5.73 Å². The normalized spacial score (nSPS) is 14.0. The number of nitrogens with zero attached hydrogens (tertiary/aromatic N) is 2. The summed E-state index contributed by atoms with van der Waals surface area (Å²) < 4.78 is 5.09. The molecule has 0 aliphatic heterocycles. The number of hydrogen-bond donors (Lipinski definition) is 2. The van der Waals surface area contributed by atoms with Crippen LogP contribution in [-0.4, -0.2) is 38.1 Å². The Morgan fingerprint density at radius 2 is 2.21 bits per heavy atom. The number of anilines is 1. The average Bonchev–Trinajstić information content (AvgIpc) is 2.43. The van der Waals surface area contributed by atoms with Crippen molar-refractivity contribution in [1.82, 2.24) is 4.98 Å². The van der Waals surface area contributed by atoms with E-state index in [1.165, 1.54) is 18.4 Å². The van der Waals surface area contributed by atoms with E-state index in [9.17, 15) is 0 Å². The molecule has 1 aromatic heterocycles. The highest BCUT2D eigenvalue weighted by Gasteiger charge is 2.18. The van der Waals surface area contributed by atoms with Gasteiger partial charge in [0.15, 0.2) is 0 Å². The summed E-state index contributed by atoms with van der Waals surface area (Å²) in [5, 5.41) is 7.74. The summed E-state index contributed by atoms with van der Waals surface area (Å²) >= 11 is 0. The number of aromatic nitrogens is 1. The van der Waals surface area contributed by atoms with Crippen LogP contribution in [0.4, 0.5) is 5.82 Å². The number of nitrogens with one attached hydrogen (secondary N) is 1. The van der Waals surface area contributed by atoms with Crippen LogP contribution in [0.1, 0.15) is 29.7 Å². The minimum absolute atomic E-state index is 0.0835. The second kappa shape index (κ2) is 6.02. The number of ether oxygens (including phenoxy) is 1. The standard InChI is InChI=1S/C14H22N4O/c1-18(7-8-19-2)14-11(13(15)16)9-10-5-3-4-6-12(10)17-14/h9H,3-8H2,1-2H3,(H3,15,16). The van der Waals surface area contributed by atoms with Gasteiger partial charge in [-0.1, -0.05) is 0 Å². The zero-order chi connectivity index (χ0) is 13.8. The van der Waals surface area contributed by atoms with E-state index in [0.717, 1.165) is 36.5 Å². The molecule has 0 bridgehead atoms. The van der Waals surface area contributed by atoms with E-state index in [1.807, 2.05) is 18.0 Å². The van der Waals surface area contributed by atoms with E-state index < -0.39 is 0 Å². The summed E-state index contributed by atoms with van der Waals surface area (Å²) in [5.74, 6) is 0.880. The summed E-state index contributed by atoms with van der Waals surface area (Å²) in [6, 6.07) is 2.04. The van der Waals surface area contributed by atoms with Crippen LogP contribution in [0.25, 0.3) is 0 Å². The van der Waals surface area contributed by atoms with E-state index in [0.29, 0.717) is 6.61 Å². The van der Waals surface area contributed by atoms with Crippen molar-refractivity contribution >= 4 is 11.7 Å². The molecular weight excluding hydrogens is 240 g/mol. The average molecular weight is 262 g/mol. The smallest absolute Gasteiger partial charge is 0.139 e. The predicted molar refractivity (Wildman–Crippen MR) is 77.0 cm³/mol. The lowest BCUT2D eigenvalue weighted by molar-refractivity contribution is 0.206. The molecule has 3 N–H and O–H groups in total. The quantitative estimate of drug-likeness (QED) is 0.620. The fourth-order valence-corrected chi connectivity index (χ4v) is 2.45. The van der Waals surface area contributed by atoms with Gasteiger partial charge in [0.25, 0.3) is 0 Å². The van der Waals surface area contributed by atoms with Gasteiger partial charge in [-0.15, -0.1) is 0 Å². The number of amidine groups is 1. The summed E-state index contributed by atoms with van der Waals surface area (Å²) in [6.45, 7) is 1.37. The van der Waals surface area contributed by atoms with Crippen LogP contribution in [0.15, 0.2) is 6.07 Å². The first-order valence-corrected chi connectivity index (χ1v) is 6.70. The number of nitrogen functional groups attached to an aromatic ring is 1. The monoisotopic (exact) mass is 262 g/mol. The topological polar surface area (TPSA) is 75.2 Å². The predicted octanol–water partition coefficient (Wildman–Crippen LogP) is 1.33. The molecule has 1 heterocycles. The van der Waals surface area contributed by atoms with Crippen molar-refractivity contribution in [1.29, 1.82) is 5.41 Å². The van der Waals surface area contributed by atoms with Crippen molar-refractivity contribution < 1.29 is 4.74 Å². The number of methoxy groups -OCH3 is 1. The maximum absolute atomic E-state index is 7.74. The Bertz CT molecular complexity index is 473. The largest absolute Gasteiger partial charge is 0.384 e. The summed E-state index contributed by atoms with van der Waals surface area (Å²) in [6.07, 6.45) is 4.47. The van der Waals surface area contributed by atoms with Gasteiger partial charge < -0.3 is 15.4 Å². The molecule has 104 valence electrons. The molecule has 19 heavy (non-hydrogen) atoms. The number of rotatable bonds is 5. The van der Waals surface area contributed by atoms with Gasteiger partial charge in [0.1, 0.15) is 11.7 Å². The van der Waals surface area contributed by atoms with E-state index in [4.69, 9.17) is 20.9 Å². The Morgan fingerprint density at radius 1 is 1.47 bits per heavy atom. The van der Waals surface area contributed by atoms with Crippen molar-refractivity contribution in [3.63, 3.8) is 0 Å². The Labute approximate surface area is 114 Å². The molecule has 0 amide bonds. The molecular formula is C14H22N4O. The first kappa shape index (κ1) is 13.8. The number of hydrogen-bond acceptors (Lipinski definition) is 4. The third kappa shape index (κ3) is 3.04. The van der Waals surface area contributed by atoms with Gasteiger partial charge >= 0.3 is 0 Å². The van der Waals surface area contributed by atoms with Gasteiger partial charge in [0.05, 0.1) is 12.2 Å². The molecule has 1 aromatic rings. The molecule has 1 aliphatic rings. The molecule has 0 saturated heterocycles. The van der Waals surface area contributed by atoms with Crippen molar-refractivity contribution in [3.8, 4) is 0 Å². The maximum Gasteiger partial charge on any atom is 0.139 e. The van der Waals surface area contributed by atoms with Gasteiger partial charge in [0, 0.05) is 26.4 Å². The molecule has 0 saturated carbocycles. The second-order valence-electron chi connectivity index (χ2n) is 5.00. The van der Waals surface area contributed by atoms with E-state index in [1.54, 1.807) is 7.11 Å². The third-order valence-corrected chi connectivity index (χ3v) is 3.56. The van der Waals surface area contributed by atoms with Crippen LogP contribution < -0.4 is 10.6 Å². The van der Waals surface area contributed by atoms with Crippen molar-refractivity contribution in [2.45, 2.75) is 25.7 Å². The lowest BCUT2D eigenvalue weighted by Gasteiger charge is -2.24. The molecule has 0 radical (unpaired) electrons. The molecule has 2 rings (SSSR count). The van der Waals surface area contributed by atoms with E-state index in [-0.39, 0.29) is 5.84 Å². The summed E-state index contributed by atoms with van der Waals surface area (Å²) in [4.78, 5) is 6.75. The lowest BCUT2D eigenvalue weighted by Crippen LogP contribution is -2.28. The number of likely N-dealkylation sites (N-methyl/N-ethyl adjacent to an activating group) is 1.